The van der Waals surface area contributed by atoms with Gasteiger partial charge in [-0.1, -0.05) is 0 Å². The van der Waals surface area contributed by atoms with Gasteiger partial charge in [0.25, 0.3) is 0 Å². The van der Waals surface area contributed by atoms with E-state index in [4.69, 9.17) is 9.79 Å². The van der Waals surface area contributed by atoms with Crippen molar-refractivity contribution in [3.8, 4) is 0 Å². The second-order valence-corrected chi connectivity index (χ2v) is 2.27. The number of rotatable bonds is 3. The zero-order valence-electron chi connectivity index (χ0n) is 4.27. The Hall–Kier alpha value is 0.0700. The zero-order valence-corrected chi connectivity index (χ0v) is 5.17. The fraction of sp³-hybridized carbons (Fsp3) is 1.00. The lowest BCUT2D eigenvalue weighted by atomic mass is 11.4. The van der Waals surface area contributed by atoms with Gasteiger partial charge in [-0.2, -0.15) is 0 Å². The third-order valence-electron chi connectivity index (χ3n) is 0.339. The highest BCUT2D eigenvalue weighted by Gasteiger charge is 2.11. The maximum Gasteiger partial charge on any atom is 0.471 e. The van der Waals surface area contributed by atoms with Gasteiger partial charge < -0.3 is 14.5 Å². The van der Waals surface area contributed by atoms with E-state index in [1.807, 2.05) is 0 Å². The number of ether oxygens (including phenoxy) is 1. The van der Waals surface area contributed by atoms with Crippen molar-refractivity contribution in [2.75, 3.05) is 13.9 Å². The van der Waals surface area contributed by atoms with Crippen molar-refractivity contribution in [3.63, 3.8) is 0 Å². The van der Waals surface area contributed by atoms with E-state index in [1.165, 1.54) is 7.11 Å². The van der Waals surface area contributed by atoms with Gasteiger partial charge in [0, 0.05) is 7.11 Å². The van der Waals surface area contributed by atoms with Gasteiger partial charge in [-0.15, -0.1) is 0 Å². The second kappa shape index (κ2) is 3.17. The molecular weight excluding hydrogens is 135 g/mol. The molecule has 8 heavy (non-hydrogen) atoms. The molecule has 2 N–H and O–H groups in total. The normalized spacial score (nSPS) is 11.9. The fourth-order valence-electron chi connectivity index (χ4n) is 0.121. The van der Waals surface area contributed by atoms with Crippen LogP contribution >= 0.6 is 7.82 Å². The standard InChI is InChI=1S/C2H7O5P/c1-6-2-7-8(3,4)5/h2H2,1H3,(H2,3,4,5). The van der Waals surface area contributed by atoms with Crippen molar-refractivity contribution in [1.29, 1.82) is 0 Å². The summed E-state index contributed by atoms with van der Waals surface area (Å²) in [6.07, 6.45) is 0. The van der Waals surface area contributed by atoms with Gasteiger partial charge in [-0.3, -0.25) is 4.52 Å². The molecule has 0 saturated carbocycles. The van der Waals surface area contributed by atoms with Crippen molar-refractivity contribution < 1.29 is 23.6 Å². The molecule has 0 fully saturated rings. The Morgan fingerprint density at radius 2 is 2.12 bits per heavy atom. The first-order chi connectivity index (χ1) is 3.56. The zero-order chi connectivity index (χ0) is 6.62. The lowest BCUT2D eigenvalue weighted by Crippen LogP contribution is -1.92. The molecule has 0 spiro atoms. The molecule has 0 aliphatic carbocycles. The molecule has 0 amide bonds. The first-order valence-electron chi connectivity index (χ1n) is 1.75. The van der Waals surface area contributed by atoms with Crippen LogP contribution in [0.15, 0.2) is 0 Å². The summed E-state index contributed by atoms with van der Waals surface area (Å²) in [6, 6.07) is 0. The first-order valence-corrected chi connectivity index (χ1v) is 3.28. The van der Waals surface area contributed by atoms with Gasteiger partial charge in [-0.05, 0) is 0 Å². The van der Waals surface area contributed by atoms with Crippen LogP contribution in [0.4, 0.5) is 0 Å². The molecule has 50 valence electrons. The van der Waals surface area contributed by atoms with Crippen molar-refractivity contribution >= 4 is 7.82 Å². The summed E-state index contributed by atoms with van der Waals surface area (Å²) in [5.41, 5.74) is 0. The minimum Gasteiger partial charge on any atom is -0.358 e. The summed E-state index contributed by atoms with van der Waals surface area (Å²) in [5.74, 6) is 0. The quantitative estimate of drug-likeness (QED) is 0.418. The summed E-state index contributed by atoms with van der Waals surface area (Å²) < 4.78 is 17.8. The minimum atomic E-state index is -4.31. The van der Waals surface area contributed by atoms with E-state index in [0.717, 1.165) is 0 Å². The maximum absolute atomic E-state index is 9.78. The van der Waals surface area contributed by atoms with Crippen molar-refractivity contribution in [2.24, 2.45) is 0 Å². The summed E-state index contributed by atoms with van der Waals surface area (Å²) in [6.45, 7) is -0.385. The number of phosphoric ester groups is 1. The van der Waals surface area contributed by atoms with E-state index in [0.29, 0.717) is 0 Å². The van der Waals surface area contributed by atoms with E-state index in [1.54, 1.807) is 0 Å². The molecule has 0 atom stereocenters. The highest BCUT2D eigenvalue weighted by atomic mass is 31.2. The SMILES string of the molecule is COCOP(=O)(O)O. The van der Waals surface area contributed by atoms with E-state index < -0.39 is 7.82 Å². The number of phosphoric acid groups is 1. The molecule has 6 heteroatoms. The summed E-state index contributed by atoms with van der Waals surface area (Å²) in [5, 5.41) is 0. The van der Waals surface area contributed by atoms with Gasteiger partial charge in [-0.25, -0.2) is 4.57 Å². The molecule has 0 aromatic heterocycles. The molecule has 0 heterocycles. The third kappa shape index (κ3) is 6.07. The topological polar surface area (TPSA) is 76.0 Å². The molecule has 0 rings (SSSR count). The summed E-state index contributed by atoms with van der Waals surface area (Å²) in [7, 11) is -3.03. The van der Waals surface area contributed by atoms with Crippen LogP contribution in [-0.2, 0) is 13.8 Å². The maximum atomic E-state index is 9.78. The number of hydrogen-bond acceptors (Lipinski definition) is 3. The Morgan fingerprint density at radius 1 is 1.62 bits per heavy atom. The highest BCUT2D eigenvalue weighted by molar-refractivity contribution is 7.46. The molecule has 0 aliphatic rings. The molecule has 0 saturated heterocycles. The van der Waals surface area contributed by atoms with Crippen molar-refractivity contribution in [1.82, 2.24) is 0 Å². The van der Waals surface area contributed by atoms with Crippen LogP contribution < -0.4 is 0 Å². The van der Waals surface area contributed by atoms with Gasteiger partial charge in [0.15, 0.2) is 6.79 Å². The van der Waals surface area contributed by atoms with Crippen molar-refractivity contribution in [2.45, 2.75) is 0 Å². The molecule has 0 bridgehead atoms. The average Bonchev–Trinajstić information content (AvgIpc) is 1.59. The van der Waals surface area contributed by atoms with Crippen LogP contribution in [0.2, 0.25) is 0 Å². The molecule has 0 radical (unpaired) electrons. The van der Waals surface area contributed by atoms with Gasteiger partial charge in [0.1, 0.15) is 0 Å². The van der Waals surface area contributed by atoms with E-state index >= 15 is 0 Å². The first kappa shape index (κ1) is 8.07. The van der Waals surface area contributed by atoms with Crippen molar-refractivity contribution in [3.05, 3.63) is 0 Å². The Labute approximate surface area is 46.5 Å². The molecule has 0 aromatic rings. The van der Waals surface area contributed by atoms with Crippen LogP contribution in [0.3, 0.4) is 0 Å². The van der Waals surface area contributed by atoms with Gasteiger partial charge >= 0.3 is 7.82 Å². The predicted octanol–water partition coefficient (Wildman–Crippen LogP) is -0.300. The van der Waals surface area contributed by atoms with Gasteiger partial charge in [0.2, 0.25) is 0 Å². The second-order valence-electron chi connectivity index (χ2n) is 1.03. The van der Waals surface area contributed by atoms with Crippen LogP contribution in [-0.4, -0.2) is 23.7 Å². The van der Waals surface area contributed by atoms with Crippen LogP contribution in [0, 0.1) is 0 Å². The van der Waals surface area contributed by atoms with Crippen LogP contribution in [0.5, 0.6) is 0 Å². The molecular formula is C2H7O5P. The lowest BCUT2D eigenvalue weighted by Gasteiger charge is -2.00. The average molecular weight is 142 g/mol. The van der Waals surface area contributed by atoms with E-state index in [-0.39, 0.29) is 6.79 Å². The molecule has 0 unspecified atom stereocenters. The number of methoxy groups -OCH3 is 1. The predicted molar refractivity (Wildman–Crippen MR) is 25.0 cm³/mol. The Morgan fingerprint density at radius 3 is 2.25 bits per heavy atom. The Balaban J connectivity index is 3.26. The smallest absolute Gasteiger partial charge is 0.358 e. The largest absolute Gasteiger partial charge is 0.471 e. The minimum absolute atomic E-state index is 0.385. The van der Waals surface area contributed by atoms with E-state index in [9.17, 15) is 4.57 Å². The summed E-state index contributed by atoms with van der Waals surface area (Å²) in [4.78, 5) is 15.9. The molecule has 5 nitrogen and oxygen atoms in total. The monoisotopic (exact) mass is 142 g/mol. The molecule has 0 aliphatic heterocycles. The third-order valence-corrected chi connectivity index (χ3v) is 0.780. The van der Waals surface area contributed by atoms with Crippen LogP contribution in [0.1, 0.15) is 0 Å². The Bertz CT molecular complexity index is 94.6. The Kier molecular flexibility index (Phi) is 3.19. The van der Waals surface area contributed by atoms with Crippen LogP contribution in [0.25, 0.3) is 0 Å². The number of hydrogen-bond donors (Lipinski definition) is 2. The lowest BCUT2D eigenvalue weighted by molar-refractivity contribution is 0.0284. The highest BCUT2D eigenvalue weighted by Crippen LogP contribution is 2.35. The van der Waals surface area contributed by atoms with Gasteiger partial charge in [0.05, 0.1) is 0 Å². The summed E-state index contributed by atoms with van der Waals surface area (Å²) >= 11 is 0. The molecule has 0 aromatic carbocycles. The van der Waals surface area contributed by atoms with E-state index in [2.05, 4.69) is 9.26 Å². The fourth-order valence-corrected chi connectivity index (χ4v) is 0.364.